The van der Waals surface area contributed by atoms with Crippen LogP contribution in [0.15, 0.2) is 83.9 Å². The first-order valence-electron chi connectivity index (χ1n) is 8.98. The summed E-state index contributed by atoms with van der Waals surface area (Å²) in [6, 6.07) is 20.8. The summed E-state index contributed by atoms with van der Waals surface area (Å²) in [7, 11) is -1.72. The molecule has 0 spiro atoms. The van der Waals surface area contributed by atoms with E-state index in [1.54, 1.807) is 72.7 Å². The van der Waals surface area contributed by atoms with Crippen LogP contribution >= 0.6 is 0 Å². The number of carbonyl (C=O) groups is 1. The predicted molar refractivity (Wildman–Crippen MR) is 109 cm³/mol. The lowest BCUT2D eigenvalue weighted by Crippen LogP contribution is -2.29. The third-order valence-corrected chi connectivity index (χ3v) is 6.11. The highest BCUT2D eigenvalue weighted by molar-refractivity contribution is 7.90. The van der Waals surface area contributed by atoms with Crippen molar-refractivity contribution in [3.05, 3.63) is 95.8 Å². The molecule has 0 unspecified atom stereocenters. The largest absolute Gasteiger partial charge is 0.341 e. The summed E-state index contributed by atoms with van der Waals surface area (Å²) in [6.45, 7) is 0.530. The fourth-order valence-corrected chi connectivity index (χ4v) is 4.23. The molecule has 3 rings (SSSR count). The minimum atomic E-state index is -3.46. The van der Waals surface area contributed by atoms with Gasteiger partial charge in [0.05, 0.1) is 10.6 Å². The zero-order valence-corrected chi connectivity index (χ0v) is 16.5. The van der Waals surface area contributed by atoms with E-state index in [9.17, 15) is 13.2 Å². The number of carbonyl (C=O) groups excluding carboxylic acids is 1. The molecule has 0 saturated carbocycles. The van der Waals surface area contributed by atoms with Crippen molar-refractivity contribution in [3.8, 4) is 0 Å². The Kier molecular flexibility index (Phi) is 6.21. The van der Waals surface area contributed by atoms with Crippen molar-refractivity contribution in [1.82, 2.24) is 9.88 Å². The average molecular weight is 394 g/mol. The van der Waals surface area contributed by atoms with Crippen LogP contribution in [0, 0.1) is 0 Å². The van der Waals surface area contributed by atoms with E-state index in [0.717, 1.165) is 5.69 Å². The van der Waals surface area contributed by atoms with E-state index < -0.39 is 9.84 Å². The molecule has 0 fully saturated rings. The SMILES string of the molecule is CN(CCc1ccccn1)C(=O)c1cccc(CS(=O)(=O)c2ccccc2)c1. The molecule has 144 valence electrons. The first-order chi connectivity index (χ1) is 13.5. The van der Waals surface area contributed by atoms with Gasteiger partial charge in [0.2, 0.25) is 0 Å². The zero-order valence-electron chi connectivity index (χ0n) is 15.7. The molecule has 0 bridgehead atoms. The van der Waals surface area contributed by atoms with Gasteiger partial charge < -0.3 is 4.90 Å². The monoisotopic (exact) mass is 394 g/mol. The van der Waals surface area contributed by atoms with E-state index in [4.69, 9.17) is 0 Å². The summed E-state index contributed by atoms with van der Waals surface area (Å²) in [5.74, 6) is -0.287. The van der Waals surface area contributed by atoms with E-state index in [1.807, 2.05) is 18.2 Å². The molecule has 0 N–H and O–H groups in total. The van der Waals surface area contributed by atoms with Crippen molar-refractivity contribution in [2.45, 2.75) is 17.1 Å². The summed E-state index contributed by atoms with van der Waals surface area (Å²) >= 11 is 0. The van der Waals surface area contributed by atoms with Crippen molar-refractivity contribution in [2.24, 2.45) is 0 Å². The molecule has 0 aliphatic carbocycles. The van der Waals surface area contributed by atoms with Crippen molar-refractivity contribution in [1.29, 1.82) is 0 Å². The third kappa shape index (κ3) is 5.04. The standard InChI is InChI=1S/C22H22N2O3S/c1-24(15-13-20-10-5-6-14-23-20)22(25)19-9-7-8-18(16-19)17-28(26,27)21-11-3-2-4-12-21/h2-12,14,16H,13,15,17H2,1H3. The van der Waals surface area contributed by atoms with Crippen LogP contribution in [0.5, 0.6) is 0 Å². The van der Waals surface area contributed by atoms with E-state index >= 15 is 0 Å². The van der Waals surface area contributed by atoms with Gasteiger partial charge in [-0.05, 0) is 42.0 Å². The van der Waals surface area contributed by atoms with Crippen molar-refractivity contribution >= 4 is 15.7 Å². The first-order valence-corrected chi connectivity index (χ1v) is 10.6. The van der Waals surface area contributed by atoms with Crippen LogP contribution < -0.4 is 0 Å². The molecular formula is C22H22N2O3S. The van der Waals surface area contributed by atoms with Crippen LogP contribution in [0.4, 0.5) is 0 Å². The normalized spacial score (nSPS) is 11.2. The summed E-state index contributed by atoms with van der Waals surface area (Å²) in [4.78, 5) is 18.9. The molecule has 0 aliphatic rings. The number of sulfone groups is 1. The van der Waals surface area contributed by atoms with Gasteiger partial charge in [0.1, 0.15) is 0 Å². The molecular weight excluding hydrogens is 372 g/mol. The topological polar surface area (TPSA) is 67.3 Å². The van der Waals surface area contributed by atoms with Crippen LogP contribution in [0.3, 0.4) is 0 Å². The second-order valence-corrected chi connectivity index (χ2v) is 8.56. The van der Waals surface area contributed by atoms with Crippen LogP contribution in [0.25, 0.3) is 0 Å². The maximum Gasteiger partial charge on any atom is 0.253 e. The summed E-state index contributed by atoms with van der Waals surface area (Å²) in [5.41, 5.74) is 1.99. The van der Waals surface area contributed by atoms with Crippen molar-refractivity contribution in [3.63, 3.8) is 0 Å². The van der Waals surface area contributed by atoms with Gasteiger partial charge in [-0.1, -0.05) is 36.4 Å². The van der Waals surface area contributed by atoms with E-state index in [1.165, 1.54) is 0 Å². The molecule has 0 atom stereocenters. The van der Waals surface area contributed by atoms with E-state index in [-0.39, 0.29) is 16.6 Å². The number of likely N-dealkylation sites (N-methyl/N-ethyl adjacent to an activating group) is 1. The Morgan fingerprint density at radius 2 is 1.71 bits per heavy atom. The molecule has 3 aromatic rings. The van der Waals surface area contributed by atoms with Crippen LogP contribution in [0.1, 0.15) is 21.6 Å². The van der Waals surface area contributed by atoms with Gasteiger partial charge in [-0.2, -0.15) is 0 Å². The van der Waals surface area contributed by atoms with Crippen molar-refractivity contribution < 1.29 is 13.2 Å². The third-order valence-electron chi connectivity index (χ3n) is 4.41. The predicted octanol–water partition coefficient (Wildman–Crippen LogP) is 3.37. The van der Waals surface area contributed by atoms with Crippen molar-refractivity contribution in [2.75, 3.05) is 13.6 Å². The lowest BCUT2D eigenvalue weighted by molar-refractivity contribution is 0.0796. The second-order valence-electron chi connectivity index (χ2n) is 6.57. The van der Waals surface area contributed by atoms with Gasteiger partial charge in [0, 0.05) is 37.5 Å². The summed E-state index contributed by atoms with van der Waals surface area (Å²) in [6.07, 6.45) is 2.39. The number of hydrogen-bond donors (Lipinski definition) is 0. The highest BCUT2D eigenvalue weighted by Crippen LogP contribution is 2.17. The number of pyridine rings is 1. The lowest BCUT2D eigenvalue weighted by atomic mass is 10.1. The number of benzene rings is 2. The highest BCUT2D eigenvalue weighted by atomic mass is 32.2. The highest BCUT2D eigenvalue weighted by Gasteiger charge is 2.17. The molecule has 5 nitrogen and oxygen atoms in total. The summed E-state index contributed by atoms with van der Waals surface area (Å²) < 4.78 is 25.1. The number of hydrogen-bond acceptors (Lipinski definition) is 4. The fourth-order valence-electron chi connectivity index (χ4n) is 2.87. The molecule has 28 heavy (non-hydrogen) atoms. The lowest BCUT2D eigenvalue weighted by Gasteiger charge is -2.17. The van der Waals surface area contributed by atoms with Crippen LogP contribution in [-0.4, -0.2) is 37.8 Å². The smallest absolute Gasteiger partial charge is 0.253 e. The number of amides is 1. The Balaban J connectivity index is 1.69. The Labute approximate surface area is 165 Å². The number of aromatic nitrogens is 1. The van der Waals surface area contributed by atoms with Gasteiger partial charge in [-0.25, -0.2) is 8.42 Å². The van der Waals surface area contributed by atoms with Gasteiger partial charge in [0.25, 0.3) is 5.91 Å². The maximum atomic E-state index is 12.7. The Morgan fingerprint density at radius 3 is 2.43 bits per heavy atom. The maximum absolute atomic E-state index is 12.7. The molecule has 0 saturated heterocycles. The summed E-state index contributed by atoms with van der Waals surface area (Å²) in [5, 5.41) is 0. The van der Waals surface area contributed by atoms with Gasteiger partial charge in [-0.15, -0.1) is 0 Å². The Bertz CT molecular complexity index is 1040. The minimum absolute atomic E-state index is 0.143. The second kappa shape index (κ2) is 8.80. The average Bonchev–Trinajstić information content (AvgIpc) is 2.73. The van der Waals surface area contributed by atoms with Gasteiger partial charge in [0.15, 0.2) is 9.84 Å². The van der Waals surface area contributed by atoms with E-state index in [0.29, 0.717) is 24.1 Å². The Hall–Kier alpha value is -2.99. The van der Waals surface area contributed by atoms with Crippen LogP contribution in [-0.2, 0) is 22.0 Å². The fraction of sp³-hybridized carbons (Fsp3) is 0.182. The first kappa shape index (κ1) is 19.8. The zero-order chi connectivity index (χ0) is 20.0. The number of nitrogens with zero attached hydrogens (tertiary/aromatic N) is 2. The molecule has 0 aliphatic heterocycles. The molecule has 6 heteroatoms. The molecule has 2 aromatic carbocycles. The Morgan fingerprint density at radius 1 is 0.964 bits per heavy atom. The molecule has 1 amide bonds. The van der Waals surface area contributed by atoms with Gasteiger partial charge >= 0.3 is 0 Å². The van der Waals surface area contributed by atoms with E-state index in [2.05, 4.69) is 4.98 Å². The molecule has 1 aromatic heterocycles. The molecule has 1 heterocycles. The minimum Gasteiger partial charge on any atom is -0.341 e. The number of rotatable bonds is 7. The quantitative estimate of drug-likeness (QED) is 0.616. The van der Waals surface area contributed by atoms with Crippen LogP contribution in [0.2, 0.25) is 0 Å². The molecule has 0 radical (unpaired) electrons. The van der Waals surface area contributed by atoms with Gasteiger partial charge in [-0.3, -0.25) is 9.78 Å².